The second-order valence-electron chi connectivity index (χ2n) is 3.56. The van der Waals surface area contributed by atoms with Crippen LogP contribution in [-0.4, -0.2) is 10.5 Å². The van der Waals surface area contributed by atoms with Crippen molar-refractivity contribution in [2.24, 2.45) is 5.92 Å². The Balaban J connectivity index is 2.07. The van der Waals surface area contributed by atoms with Gasteiger partial charge in [-0.15, -0.1) is 0 Å². The van der Waals surface area contributed by atoms with Gasteiger partial charge in [0, 0.05) is 12.0 Å². The van der Waals surface area contributed by atoms with Gasteiger partial charge in [-0.3, -0.25) is 10.1 Å². The van der Waals surface area contributed by atoms with Gasteiger partial charge in [0.05, 0.1) is 11.0 Å². The molecule has 1 unspecified atom stereocenters. The summed E-state index contributed by atoms with van der Waals surface area (Å²) in [5, 5.41) is 10.5. The number of alkyl halides is 1. The molecule has 0 bridgehead atoms. The highest BCUT2D eigenvalue weighted by atomic mass is 35.5. The van der Waals surface area contributed by atoms with Gasteiger partial charge < -0.3 is 4.74 Å². The molecule has 1 aromatic carbocycles. The van der Waals surface area contributed by atoms with Crippen molar-refractivity contribution in [3.05, 3.63) is 34.4 Å². The first kappa shape index (κ1) is 10.2. The van der Waals surface area contributed by atoms with Crippen LogP contribution >= 0.6 is 11.6 Å². The maximum absolute atomic E-state index is 10.5. The zero-order chi connectivity index (χ0) is 10.8. The monoisotopic (exact) mass is 227 g/mol. The summed E-state index contributed by atoms with van der Waals surface area (Å²) in [7, 11) is 0. The molecule has 1 atom stereocenters. The van der Waals surface area contributed by atoms with Crippen molar-refractivity contribution in [2.75, 3.05) is 0 Å². The summed E-state index contributed by atoms with van der Waals surface area (Å²) in [6.07, 6.45) is 2.15. The Hall–Kier alpha value is -1.29. The molecular formula is C10H10ClNO3. The fraction of sp³-hybridized carbons (Fsp3) is 0.400. The van der Waals surface area contributed by atoms with Gasteiger partial charge in [0.1, 0.15) is 5.75 Å². The van der Waals surface area contributed by atoms with Crippen molar-refractivity contribution in [1.82, 2.24) is 0 Å². The number of hydrogen-bond acceptors (Lipinski definition) is 3. The van der Waals surface area contributed by atoms with E-state index in [9.17, 15) is 10.1 Å². The molecule has 80 valence electrons. The molecule has 5 heteroatoms. The number of rotatable bonds is 4. The summed E-state index contributed by atoms with van der Waals surface area (Å²) in [6.45, 7) is 0. The molecule has 1 aliphatic rings. The topological polar surface area (TPSA) is 52.4 Å². The van der Waals surface area contributed by atoms with Crippen LogP contribution in [0.15, 0.2) is 24.3 Å². The molecule has 0 heterocycles. The van der Waals surface area contributed by atoms with E-state index in [0.717, 1.165) is 12.8 Å². The first-order chi connectivity index (χ1) is 7.16. The molecule has 0 aromatic heterocycles. The predicted molar refractivity (Wildman–Crippen MR) is 56.1 cm³/mol. The Bertz CT molecular complexity index is 379. The molecule has 2 rings (SSSR count). The number of nitro groups is 1. The first-order valence-electron chi connectivity index (χ1n) is 4.72. The first-order valence-corrected chi connectivity index (χ1v) is 5.15. The summed E-state index contributed by atoms with van der Waals surface area (Å²) in [5.74, 6) is 0.849. The molecule has 0 radical (unpaired) electrons. The number of nitrogens with zero attached hydrogens (tertiary/aromatic N) is 1. The van der Waals surface area contributed by atoms with E-state index >= 15 is 0 Å². The lowest BCUT2D eigenvalue weighted by molar-refractivity contribution is -0.384. The zero-order valence-corrected chi connectivity index (χ0v) is 8.68. The van der Waals surface area contributed by atoms with Crippen LogP contribution in [0.25, 0.3) is 0 Å². The van der Waals surface area contributed by atoms with Crippen LogP contribution in [0.5, 0.6) is 5.75 Å². The van der Waals surface area contributed by atoms with Gasteiger partial charge in [-0.2, -0.15) is 0 Å². The summed E-state index contributed by atoms with van der Waals surface area (Å²) in [6, 6.07) is 6.07. The molecule has 15 heavy (non-hydrogen) atoms. The summed E-state index contributed by atoms with van der Waals surface area (Å²) >= 11 is 5.95. The molecular weight excluding hydrogens is 218 g/mol. The van der Waals surface area contributed by atoms with Gasteiger partial charge >= 0.3 is 0 Å². The minimum Gasteiger partial charge on any atom is -0.474 e. The van der Waals surface area contributed by atoms with Crippen LogP contribution in [0.4, 0.5) is 5.69 Å². The highest BCUT2D eigenvalue weighted by Gasteiger charge is 2.31. The fourth-order valence-corrected chi connectivity index (χ4v) is 1.61. The van der Waals surface area contributed by atoms with Crippen LogP contribution in [-0.2, 0) is 0 Å². The Morgan fingerprint density at radius 1 is 1.53 bits per heavy atom. The fourth-order valence-electron chi connectivity index (χ4n) is 1.25. The Labute approximate surface area is 92.0 Å². The molecule has 1 fully saturated rings. The van der Waals surface area contributed by atoms with E-state index in [4.69, 9.17) is 16.3 Å². The number of ether oxygens (including phenoxy) is 1. The third-order valence-corrected chi connectivity index (χ3v) is 2.72. The third kappa shape index (κ3) is 2.59. The number of hydrogen-bond donors (Lipinski definition) is 0. The van der Waals surface area contributed by atoms with Crippen molar-refractivity contribution >= 4 is 17.3 Å². The van der Waals surface area contributed by atoms with E-state index in [-0.39, 0.29) is 11.3 Å². The molecule has 0 amide bonds. The van der Waals surface area contributed by atoms with E-state index in [1.807, 2.05) is 0 Å². The van der Waals surface area contributed by atoms with Crippen molar-refractivity contribution in [3.63, 3.8) is 0 Å². The predicted octanol–water partition coefficient (Wildman–Crippen LogP) is 2.95. The van der Waals surface area contributed by atoms with Gasteiger partial charge in [-0.25, -0.2) is 0 Å². The number of benzene rings is 1. The van der Waals surface area contributed by atoms with Gasteiger partial charge in [0.15, 0.2) is 5.56 Å². The largest absolute Gasteiger partial charge is 0.474 e. The quantitative estimate of drug-likeness (QED) is 0.451. The lowest BCUT2D eigenvalue weighted by Crippen LogP contribution is -2.10. The summed E-state index contributed by atoms with van der Waals surface area (Å²) in [5.41, 5.74) is -0.348. The minimum absolute atomic E-state index is 0.0205. The maximum Gasteiger partial charge on any atom is 0.273 e. The third-order valence-electron chi connectivity index (χ3n) is 2.27. The van der Waals surface area contributed by atoms with Crippen LogP contribution in [0.2, 0.25) is 0 Å². The maximum atomic E-state index is 10.5. The molecule has 0 aliphatic heterocycles. The number of halogens is 1. The molecule has 0 saturated heterocycles. The lowest BCUT2D eigenvalue weighted by atomic mass is 10.3. The van der Waals surface area contributed by atoms with Crippen LogP contribution in [0.1, 0.15) is 12.8 Å². The molecule has 1 aromatic rings. The van der Waals surface area contributed by atoms with Gasteiger partial charge in [0.2, 0.25) is 0 Å². The van der Waals surface area contributed by atoms with E-state index in [0.29, 0.717) is 11.7 Å². The van der Waals surface area contributed by atoms with Crippen molar-refractivity contribution < 1.29 is 9.66 Å². The highest BCUT2D eigenvalue weighted by molar-refractivity contribution is 6.20. The molecule has 0 N–H and O–H groups in total. The van der Waals surface area contributed by atoms with Crippen LogP contribution in [0.3, 0.4) is 0 Å². The van der Waals surface area contributed by atoms with E-state index in [2.05, 4.69) is 0 Å². The standard InChI is InChI=1S/C10H10ClNO3/c11-10(7-4-5-7)15-9-3-1-2-8(6-9)12(13)14/h1-3,6-7,10H,4-5H2. The lowest BCUT2D eigenvalue weighted by Gasteiger charge is -2.10. The molecule has 0 spiro atoms. The van der Waals surface area contributed by atoms with Gasteiger partial charge in [-0.1, -0.05) is 17.7 Å². The number of nitro benzene ring substituents is 1. The SMILES string of the molecule is O=[N+]([O-])c1cccc(OC(Cl)C2CC2)c1. The zero-order valence-electron chi connectivity index (χ0n) is 7.93. The van der Waals surface area contributed by atoms with Crippen molar-refractivity contribution in [1.29, 1.82) is 0 Å². The molecule has 4 nitrogen and oxygen atoms in total. The van der Waals surface area contributed by atoms with E-state index in [1.165, 1.54) is 12.1 Å². The molecule has 1 saturated carbocycles. The average Bonchev–Trinajstić information content (AvgIpc) is 3.01. The Morgan fingerprint density at radius 2 is 2.27 bits per heavy atom. The van der Waals surface area contributed by atoms with E-state index in [1.54, 1.807) is 12.1 Å². The smallest absolute Gasteiger partial charge is 0.273 e. The van der Waals surface area contributed by atoms with Crippen molar-refractivity contribution in [2.45, 2.75) is 18.4 Å². The second-order valence-corrected chi connectivity index (χ2v) is 3.99. The minimum atomic E-state index is -0.451. The van der Waals surface area contributed by atoms with E-state index < -0.39 is 4.92 Å². The summed E-state index contributed by atoms with van der Waals surface area (Å²) < 4.78 is 5.39. The summed E-state index contributed by atoms with van der Waals surface area (Å²) in [4.78, 5) is 10.1. The van der Waals surface area contributed by atoms with Crippen LogP contribution in [0, 0.1) is 16.0 Å². The van der Waals surface area contributed by atoms with Crippen LogP contribution < -0.4 is 4.74 Å². The van der Waals surface area contributed by atoms with Crippen molar-refractivity contribution in [3.8, 4) is 5.75 Å². The molecule has 1 aliphatic carbocycles. The van der Waals surface area contributed by atoms with Gasteiger partial charge in [-0.05, 0) is 18.9 Å². The Kier molecular flexibility index (Phi) is 2.77. The number of non-ortho nitro benzene ring substituents is 1. The second kappa shape index (κ2) is 4.06. The average molecular weight is 228 g/mol. The normalized spacial score (nSPS) is 17.1. The van der Waals surface area contributed by atoms with Gasteiger partial charge in [0.25, 0.3) is 5.69 Å². The Morgan fingerprint density at radius 3 is 2.87 bits per heavy atom. The highest BCUT2D eigenvalue weighted by Crippen LogP contribution is 2.37.